The second kappa shape index (κ2) is 6.54. The maximum absolute atomic E-state index is 3.22. The molecule has 0 fully saturated rings. The van der Waals surface area contributed by atoms with Gasteiger partial charge in [0.2, 0.25) is 0 Å². The highest BCUT2D eigenvalue weighted by Crippen LogP contribution is 2.20. The van der Waals surface area contributed by atoms with Gasteiger partial charge in [0.25, 0.3) is 0 Å². The van der Waals surface area contributed by atoms with E-state index in [9.17, 15) is 0 Å². The average molecular weight is 220 g/mol. The van der Waals surface area contributed by atoms with Crippen LogP contribution in [0.4, 0.5) is 5.69 Å². The molecule has 0 aliphatic rings. The first-order valence-electron chi connectivity index (χ1n) is 6.12. The van der Waals surface area contributed by atoms with Gasteiger partial charge in [0.1, 0.15) is 0 Å². The summed E-state index contributed by atoms with van der Waals surface area (Å²) in [5, 5.41) is 3.22. The molecular weight excluding hydrogens is 196 g/mol. The summed E-state index contributed by atoms with van der Waals surface area (Å²) >= 11 is 0. The summed E-state index contributed by atoms with van der Waals surface area (Å²) in [6.07, 6.45) is 1.23. The molecule has 1 N–H and O–H groups in total. The van der Waals surface area contributed by atoms with Gasteiger partial charge >= 0.3 is 0 Å². The van der Waals surface area contributed by atoms with Crippen LogP contribution < -0.4 is 10.2 Å². The molecule has 16 heavy (non-hydrogen) atoms. The first-order valence-corrected chi connectivity index (χ1v) is 6.12. The number of nitrogens with one attached hydrogen (secondary N) is 1. The first-order chi connectivity index (χ1) is 7.69. The van der Waals surface area contributed by atoms with Crippen LogP contribution in [0.15, 0.2) is 24.3 Å². The molecule has 0 saturated heterocycles. The summed E-state index contributed by atoms with van der Waals surface area (Å²) < 4.78 is 0. The molecule has 2 heteroatoms. The van der Waals surface area contributed by atoms with Crippen molar-refractivity contribution in [2.24, 2.45) is 5.92 Å². The molecule has 1 aromatic rings. The third kappa shape index (κ3) is 3.53. The lowest BCUT2D eigenvalue weighted by atomic mass is 10.1. The first kappa shape index (κ1) is 13.0. The molecule has 90 valence electrons. The Morgan fingerprint density at radius 3 is 2.62 bits per heavy atom. The largest absolute Gasteiger partial charge is 0.374 e. The van der Waals surface area contributed by atoms with Crippen LogP contribution >= 0.6 is 0 Å². The number of nitrogens with zero attached hydrogens (tertiary/aromatic N) is 1. The molecule has 1 unspecified atom stereocenters. The van der Waals surface area contributed by atoms with Gasteiger partial charge in [0.05, 0.1) is 0 Å². The minimum atomic E-state index is 0.743. The van der Waals surface area contributed by atoms with Gasteiger partial charge in [-0.3, -0.25) is 0 Å². The lowest BCUT2D eigenvalue weighted by Gasteiger charge is -2.25. The molecule has 0 heterocycles. The molecule has 0 amide bonds. The quantitative estimate of drug-likeness (QED) is 0.793. The van der Waals surface area contributed by atoms with E-state index in [1.54, 1.807) is 0 Å². The fraction of sp³-hybridized carbons (Fsp3) is 0.571. The van der Waals surface area contributed by atoms with Crippen molar-refractivity contribution in [2.45, 2.75) is 26.8 Å². The Morgan fingerprint density at radius 1 is 1.31 bits per heavy atom. The fourth-order valence-electron chi connectivity index (χ4n) is 1.92. The molecule has 1 aromatic carbocycles. The average Bonchev–Trinajstić information content (AvgIpc) is 2.30. The van der Waals surface area contributed by atoms with Crippen molar-refractivity contribution in [3.05, 3.63) is 29.8 Å². The second-order valence-corrected chi connectivity index (χ2v) is 4.55. The summed E-state index contributed by atoms with van der Waals surface area (Å²) in [5.41, 5.74) is 2.72. The molecule has 0 spiro atoms. The van der Waals surface area contributed by atoms with E-state index >= 15 is 0 Å². The summed E-state index contributed by atoms with van der Waals surface area (Å²) in [7, 11) is 4.17. The normalized spacial score (nSPS) is 12.5. The Hall–Kier alpha value is -1.02. The third-order valence-corrected chi connectivity index (χ3v) is 3.05. The molecule has 0 saturated carbocycles. The van der Waals surface area contributed by atoms with Crippen LogP contribution in [0.5, 0.6) is 0 Å². The van der Waals surface area contributed by atoms with E-state index in [4.69, 9.17) is 0 Å². The molecule has 0 radical (unpaired) electrons. The summed E-state index contributed by atoms with van der Waals surface area (Å²) in [4.78, 5) is 2.36. The van der Waals surface area contributed by atoms with Crippen LogP contribution in [0.1, 0.15) is 25.8 Å². The maximum atomic E-state index is 3.22. The summed E-state index contributed by atoms with van der Waals surface area (Å²) in [6, 6.07) is 8.61. The summed E-state index contributed by atoms with van der Waals surface area (Å²) in [6.45, 7) is 6.60. The van der Waals surface area contributed by atoms with E-state index in [1.807, 2.05) is 7.05 Å². The number of benzene rings is 1. The smallest absolute Gasteiger partial charge is 0.0409 e. The standard InChI is InChI=1S/C14H24N2/c1-5-12(2)11-16(4)14-9-7-6-8-13(14)10-15-3/h6-9,12,15H,5,10-11H2,1-4H3. The van der Waals surface area contributed by atoms with Gasteiger partial charge in [-0.25, -0.2) is 0 Å². The third-order valence-electron chi connectivity index (χ3n) is 3.05. The van der Waals surface area contributed by atoms with Crippen LogP contribution in [0.25, 0.3) is 0 Å². The number of hydrogen-bond acceptors (Lipinski definition) is 2. The zero-order valence-corrected chi connectivity index (χ0v) is 11.0. The van der Waals surface area contributed by atoms with Gasteiger partial charge in [-0.2, -0.15) is 0 Å². The second-order valence-electron chi connectivity index (χ2n) is 4.55. The van der Waals surface area contributed by atoms with Crippen molar-refractivity contribution < 1.29 is 0 Å². The van der Waals surface area contributed by atoms with E-state index in [0.29, 0.717) is 0 Å². The molecule has 0 aromatic heterocycles. The minimum absolute atomic E-state index is 0.743. The Kier molecular flexibility index (Phi) is 5.33. The Labute approximate surface area is 99.7 Å². The van der Waals surface area contributed by atoms with Crippen LogP contribution in [0.2, 0.25) is 0 Å². The zero-order chi connectivity index (χ0) is 12.0. The number of rotatable bonds is 6. The van der Waals surface area contributed by atoms with Gasteiger partial charge in [0.15, 0.2) is 0 Å². The molecule has 1 rings (SSSR count). The topological polar surface area (TPSA) is 15.3 Å². The maximum Gasteiger partial charge on any atom is 0.0409 e. The van der Waals surface area contributed by atoms with Crippen molar-refractivity contribution >= 4 is 5.69 Å². The SMILES string of the molecule is CCC(C)CN(C)c1ccccc1CNC. The molecule has 2 nitrogen and oxygen atoms in total. The Morgan fingerprint density at radius 2 is 2.00 bits per heavy atom. The molecule has 0 bridgehead atoms. The van der Waals surface area contributed by atoms with Gasteiger partial charge in [-0.1, -0.05) is 38.5 Å². The van der Waals surface area contributed by atoms with E-state index in [2.05, 4.69) is 55.4 Å². The molecule has 0 aliphatic carbocycles. The van der Waals surface area contributed by atoms with Gasteiger partial charge in [0, 0.05) is 25.8 Å². The highest BCUT2D eigenvalue weighted by Gasteiger charge is 2.08. The molecule has 1 atom stereocenters. The number of anilines is 1. The van der Waals surface area contributed by atoms with E-state index in [-0.39, 0.29) is 0 Å². The number of hydrogen-bond donors (Lipinski definition) is 1. The van der Waals surface area contributed by atoms with Crippen LogP contribution in [0, 0.1) is 5.92 Å². The van der Waals surface area contributed by atoms with E-state index < -0.39 is 0 Å². The minimum Gasteiger partial charge on any atom is -0.374 e. The van der Waals surface area contributed by atoms with Crippen LogP contribution in [-0.2, 0) is 6.54 Å². The molecule has 0 aliphatic heterocycles. The Bertz CT molecular complexity index is 309. The number of para-hydroxylation sites is 1. The van der Waals surface area contributed by atoms with E-state index in [0.717, 1.165) is 19.0 Å². The fourth-order valence-corrected chi connectivity index (χ4v) is 1.92. The van der Waals surface area contributed by atoms with Crippen molar-refractivity contribution in [1.82, 2.24) is 5.32 Å². The highest BCUT2D eigenvalue weighted by molar-refractivity contribution is 5.53. The predicted octanol–water partition coefficient (Wildman–Crippen LogP) is 2.89. The lowest BCUT2D eigenvalue weighted by Crippen LogP contribution is -2.25. The van der Waals surface area contributed by atoms with Crippen LogP contribution in [-0.4, -0.2) is 20.6 Å². The van der Waals surface area contributed by atoms with E-state index in [1.165, 1.54) is 17.7 Å². The zero-order valence-electron chi connectivity index (χ0n) is 11.0. The highest BCUT2D eigenvalue weighted by atomic mass is 15.1. The van der Waals surface area contributed by atoms with Gasteiger partial charge < -0.3 is 10.2 Å². The van der Waals surface area contributed by atoms with Crippen LogP contribution in [0.3, 0.4) is 0 Å². The predicted molar refractivity (Wildman–Crippen MR) is 71.9 cm³/mol. The lowest BCUT2D eigenvalue weighted by molar-refractivity contribution is 0.559. The monoisotopic (exact) mass is 220 g/mol. The van der Waals surface area contributed by atoms with Gasteiger partial charge in [-0.05, 0) is 24.6 Å². The summed E-state index contributed by atoms with van der Waals surface area (Å²) in [5.74, 6) is 0.743. The van der Waals surface area contributed by atoms with Crippen molar-refractivity contribution in [3.63, 3.8) is 0 Å². The Balaban J connectivity index is 2.77. The molecular formula is C14H24N2. The van der Waals surface area contributed by atoms with Crippen molar-refractivity contribution in [3.8, 4) is 0 Å². The van der Waals surface area contributed by atoms with Crippen molar-refractivity contribution in [1.29, 1.82) is 0 Å². The van der Waals surface area contributed by atoms with Gasteiger partial charge in [-0.15, -0.1) is 0 Å². The van der Waals surface area contributed by atoms with Crippen molar-refractivity contribution in [2.75, 3.05) is 25.5 Å².